The lowest BCUT2D eigenvalue weighted by Crippen LogP contribution is -2.45. The van der Waals surface area contributed by atoms with E-state index in [9.17, 15) is 19.1 Å². The molecule has 1 atom stereocenters. The maximum absolute atomic E-state index is 13.4. The third-order valence-electron chi connectivity index (χ3n) is 4.70. The van der Waals surface area contributed by atoms with Crippen molar-refractivity contribution in [1.29, 1.82) is 5.26 Å². The summed E-state index contributed by atoms with van der Waals surface area (Å²) in [6.07, 6.45) is 2.74. The van der Waals surface area contributed by atoms with Gasteiger partial charge in [0.1, 0.15) is 17.2 Å². The van der Waals surface area contributed by atoms with Crippen LogP contribution in [0, 0.1) is 34.3 Å². The van der Waals surface area contributed by atoms with Crippen LogP contribution in [0.3, 0.4) is 0 Å². The molecule has 0 aliphatic heterocycles. The van der Waals surface area contributed by atoms with Crippen LogP contribution in [0.4, 0.5) is 8.78 Å². The molecule has 1 aromatic carbocycles. The van der Waals surface area contributed by atoms with Gasteiger partial charge in [-0.25, -0.2) is 8.78 Å². The summed E-state index contributed by atoms with van der Waals surface area (Å²) < 4.78 is 26.8. The largest absolute Gasteiger partial charge is 0.384 e. The second-order valence-corrected chi connectivity index (χ2v) is 6.11. The summed E-state index contributed by atoms with van der Waals surface area (Å²) in [4.78, 5) is 0. The molecule has 4 heteroatoms. The van der Waals surface area contributed by atoms with E-state index in [1.54, 1.807) is 0 Å². The van der Waals surface area contributed by atoms with E-state index in [4.69, 9.17) is 0 Å². The van der Waals surface area contributed by atoms with Gasteiger partial charge < -0.3 is 5.11 Å². The molecular formula is C16H19F2NO. The molecule has 1 fully saturated rings. The number of hydrogen-bond acceptors (Lipinski definition) is 2. The molecule has 20 heavy (non-hydrogen) atoms. The number of aliphatic hydroxyl groups is 1. The van der Waals surface area contributed by atoms with Gasteiger partial charge in [0.2, 0.25) is 0 Å². The lowest BCUT2D eigenvalue weighted by Gasteiger charge is -2.44. The molecule has 0 spiro atoms. The predicted octanol–water partition coefficient (Wildman–Crippen LogP) is 3.89. The SMILES string of the molecule is CC1CCC(C#N)(C(C)(O)c2cc(F)cc(F)c2)CC1. The Morgan fingerprint density at radius 2 is 1.75 bits per heavy atom. The van der Waals surface area contributed by atoms with Crippen LogP contribution in [-0.2, 0) is 5.60 Å². The summed E-state index contributed by atoms with van der Waals surface area (Å²) in [5.74, 6) is -0.966. The van der Waals surface area contributed by atoms with Gasteiger partial charge in [0.15, 0.2) is 0 Å². The zero-order valence-electron chi connectivity index (χ0n) is 11.8. The number of hydrogen-bond donors (Lipinski definition) is 1. The molecule has 108 valence electrons. The molecule has 0 bridgehead atoms. The van der Waals surface area contributed by atoms with Crippen molar-refractivity contribution in [2.75, 3.05) is 0 Å². The van der Waals surface area contributed by atoms with Gasteiger partial charge >= 0.3 is 0 Å². The van der Waals surface area contributed by atoms with E-state index in [1.165, 1.54) is 6.92 Å². The number of benzene rings is 1. The first-order valence-corrected chi connectivity index (χ1v) is 6.91. The van der Waals surface area contributed by atoms with Gasteiger partial charge in [0.05, 0.1) is 11.5 Å². The number of nitriles is 1. The third-order valence-corrected chi connectivity index (χ3v) is 4.70. The average Bonchev–Trinajstić information content (AvgIpc) is 2.38. The summed E-state index contributed by atoms with van der Waals surface area (Å²) in [5, 5.41) is 20.4. The number of nitrogens with zero attached hydrogens (tertiary/aromatic N) is 1. The Bertz CT molecular complexity index is 520. The van der Waals surface area contributed by atoms with Crippen LogP contribution in [0.5, 0.6) is 0 Å². The van der Waals surface area contributed by atoms with Crippen LogP contribution in [0.15, 0.2) is 18.2 Å². The summed E-state index contributed by atoms with van der Waals surface area (Å²) >= 11 is 0. The highest BCUT2D eigenvalue weighted by Crippen LogP contribution is 2.50. The Labute approximate surface area is 118 Å². The Morgan fingerprint density at radius 1 is 1.25 bits per heavy atom. The molecular weight excluding hydrogens is 260 g/mol. The lowest BCUT2D eigenvalue weighted by atomic mass is 9.61. The number of halogens is 2. The highest BCUT2D eigenvalue weighted by molar-refractivity contribution is 5.29. The first-order chi connectivity index (χ1) is 9.30. The molecule has 0 radical (unpaired) electrons. The van der Waals surface area contributed by atoms with E-state index in [0.29, 0.717) is 18.8 Å². The van der Waals surface area contributed by atoms with Crippen molar-refractivity contribution in [1.82, 2.24) is 0 Å². The average molecular weight is 279 g/mol. The van der Waals surface area contributed by atoms with Gasteiger partial charge in [-0.1, -0.05) is 6.92 Å². The second kappa shape index (κ2) is 5.14. The van der Waals surface area contributed by atoms with Crippen LogP contribution in [0.2, 0.25) is 0 Å². The summed E-state index contributed by atoms with van der Waals surface area (Å²) in [7, 11) is 0. The van der Waals surface area contributed by atoms with Crippen molar-refractivity contribution >= 4 is 0 Å². The van der Waals surface area contributed by atoms with Gasteiger partial charge in [-0.15, -0.1) is 0 Å². The fourth-order valence-electron chi connectivity index (χ4n) is 3.07. The zero-order chi connectivity index (χ0) is 15.0. The predicted molar refractivity (Wildman–Crippen MR) is 71.6 cm³/mol. The van der Waals surface area contributed by atoms with Crippen molar-refractivity contribution in [3.63, 3.8) is 0 Å². The van der Waals surface area contributed by atoms with Gasteiger partial charge in [-0.05, 0) is 56.2 Å². The smallest absolute Gasteiger partial charge is 0.126 e. The monoisotopic (exact) mass is 279 g/mol. The van der Waals surface area contributed by atoms with Crippen LogP contribution in [0.25, 0.3) is 0 Å². The molecule has 1 unspecified atom stereocenters. The molecule has 1 aliphatic carbocycles. The maximum atomic E-state index is 13.4. The number of rotatable bonds is 2. The minimum absolute atomic E-state index is 0.131. The fourth-order valence-corrected chi connectivity index (χ4v) is 3.07. The first-order valence-electron chi connectivity index (χ1n) is 6.91. The first kappa shape index (κ1) is 14.9. The van der Waals surface area contributed by atoms with Crippen molar-refractivity contribution in [3.05, 3.63) is 35.4 Å². The van der Waals surface area contributed by atoms with Gasteiger partial charge in [0, 0.05) is 6.07 Å². The summed E-state index contributed by atoms with van der Waals surface area (Å²) in [6.45, 7) is 3.60. The van der Waals surface area contributed by atoms with Crippen molar-refractivity contribution in [2.24, 2.45) is 11.3 Å². The van der Waals surface area contributed by atoms with Gasteiger partial charge in [-0.3, -0.25) is 0 Å². The quantitative estimate of drug-likeness (QED) is 0.892. The van der Waals surface area contributed by atoms with E-state index in [0.717, 1.165) is 31.0 Å². The second-order valence-electron chi connectivity index (χ2n) is 6.11. The lowest BCUT2D eigenvalue weighted by molar-refractivity contribution is -0.0690. The van der Waals surface area contributed by atoms with Crippen molar-refractivity contribution < 1.29 is 13.9 Å². The molecule has 0 heterocycles. The molecule has 1 aromatic rings. The summed E-state index contributed by atoms with van der Waals surface area (Å²) in [6, 6.07) is 5.21. The Kier molecular flexibility index (Phi) is 3.84. The maximum Gasteiger partial charge on any atom is 0.126 e. The fraction of sp³-hybridized carbons (Fsp3) is 0.562. The minimum atomic E-state index is -1.56. The normalized spacial score (nSPS) is 29.5. The van der Waals surface area contributed by atoms with Crippen LogP contribution < -0.4 is 0 Å². The van der Waals surface area contributed by atoms with Crippen molar-refractivity contribution in [2.45, 2.75) is 45.1 Å². The Hall–Kier alpha value is -1.47. The van der Waals surface area contributed by atoms with E-state index in [-0.39, 0.29) is 5.56 Å². The zero-order valence-corrected chi connectivity index (χ0v) is 11.8. The molecule has 0 amide bonds. The van der Waals surface area contributed by atoms with E-state index in [1.807, 2.05) is 0 Å². The van der Waals surface area contributed by atoms with E-state index < -0.39 is 22.7 Å². The molecule has 2 rings (SSSR count). The Morgan fingerprint density at radius 3 is 2.20 bits per heavy atom. The topological polar surface area (TPSA) is 44.0 Å². The minimum Gasteiger partial charge on any atom is -0.384 e. The highest BCUT2D eigenvalue weighted by Gasteiger charge is 2.50. The Balaban J connectivity index is 2.44. The highest BCUT2D eigenvalue weighted by atomic mass is 19.1. The van der Waals surface area contributed by atoms with E-state index >= 15 is 0 Å². The van der Waals surface area contributed by atoms with Gasteiger partial charge in [-0.2, -0.15) is 5.26 Å². The van der Waals surface area contributed by atoms with Crippen LogP contribution in [0.1, 0.15) is 45.1 Å². The van der Waals surface area contributed by atoms with Crippen molar-refractivity contribution in [3.8, 4) is 6.07 Å². The van der Waals surface area contributed by atoms with Gasteiger partial charge in [0.25, 0.3) is 0 Å². The molecule has 1 aliphatic rings. The molecule has 1 N–H and O–H groups in total. The standard InChI is InChI=1S/C16H19F2NO/c1-11-3-5-16(10-19,6-4-11)15(2,20)12-7-13(17)9-14(18)8-12/h7-9,11,20H,3-6H2,1-2H3. The molecule has 0 aromatic heterocycles. The molecule has 1 saturated carbocycles. The summed E-state index contributed by atoms with van der Waals surface area (Å²) in [5.41, 5.74) is -2.42. The third kappa shape index (κ3) is 2.43. The molecule has 2 nitrogen and oxygen atoms in total. The van der Waals surface area contributed by atoms with Crippen LogP contribution >= 0.6 is 0 Å². The molecule has 0 saturated heterocycles. The van der Waals surface area contributed by atoms with E-state index in [2.05, 4.69) is 13.0 Å². The van der Waals surface area contributed by atoms with Crippen LogP contribution in [-0.4, -0.2) is 5.11 Å².